The Labute approximate surface area is 220 Å². The largest absolute Gasteiger partial charge is 0.203 e. The fourth-order valence-electron chi connectivity index (χ4n) is 6.54. The van der Waals surface area contributed by atoms with Crippen molar-refractivity contribution in [3.63, 3.8) is 0 Å². The minimum atomic E-state index is -0.782. The number of halogens is 4. The highest BCUT2D eigenvalue weighted by Crippen LogP contribution is 2.42. The molecule has 2 aromatic carbocycles. The molecule has 0 amide bonds. The average molecular weight is 515 g/mol. The van der Waals surface area contributed by atoms with E-state index in [0.717, 1.165) is 70.1 Å². The summed E-state index contributed by atoms with van der Waals surface area (Å²) >= 11 is 0. The lowest BCUT2D eigenvalue weighted by molar-refractivity contribution is 0.302. The van der Waals surface area contributed by atoms with Crippen LogP contribution in [0.25, 0.3) is 6.08 Å². The highest BCUT2D eigenvalue weighted by Gasteiger charge is 2.29. The molecule has 0 spiro atoms. The van der Waals surface area contributed by atoms with Crippen LogP contribution >= 0.6 is 0 Å². The van der Waals surface area contributed by atoms with Crippen LogP contribution in [0.15, 0.2) is 30.3 Å². The molecule has 0 aromatic heterocycles. The van der Waals surface area contributed by atoms with Gasteiger partial charge < -0.3 is 0 Å². The van der Waals surface area contributed by atoms with Gasteiger partial charge in [0, 0.05) is 5.56 Å². The molecule has 0 bridgehead atoms. The van der Waals surface area contributed by atoms with E-state index in [9.17, 15) is 8.78 Å². The van der Waals surface area contributed by atoms with E-state index in [1.165, 1.54) is 12.8 Å². The minimum absolute atomic E-state index is 0.000482. The third-order valence-corrected chi connectivity index (χ3v) is 8.88. The summed E-state index contributed by atoms with van der Waals surface area (Å²) < 4.78 is 59.2. The SMILES string of the molecule is CCCCc1ccc(C=CC2CCC(c3ccc(C4CCC(CCC)CC4)c(F)c3F)CC2)c(F)c1F. The monoisotopic (exact) mass is 514 g/mol. The Kier molecular flexibility index (Phi) is 9.90. The molecule has 2 aliphatic rings. The van der Waals surface area contributed by atoms with Gasteiger partial charge in [0.15, 0.2) is 23.3 Å². The number of aryl methyl sites for hydroxylation is 1. The summed E-state index contributed by atoms with van der Waals surface area (Å²) in [7, 11) is 0. The lowest BCUT2D eigenvalue weighted by Gasteiger charge is -2.30. The number of benzene rings is 2. The zero-order chi connectivity index (χ0) is 26.4. The van der Waals surface area contributed by atoms with Crippen LogP contribution in [0.3, 0.4) is 0 Å². The first kappa shape index (κ1) is 27.9. The number of unbranched alkanes of at least 4 members (excludes halogenated alkanes) is 1. The Morgan fingerprint density at radius 3 is 1.84 bits per heavy atom. The average Bonchev–Trinajstić information content (AvgIpc) is 2.92. The first-order valence-electron chi connectivity index (χ1n) is 14.6. The Morgan fingerprint density at radius 2 is 1.27 bits per heavy atom. The molecular weight excluding hydrogens is 472 g/mol. The Morgan fingerprint density at radius 1 is 0.676 bits per heavy atom. The van der Waals surface area contributed by atoms with Crippen LogP contribution in [0.4, 0.5) is 17.6 Å². The maximum atomic E-state index is 15.2. The zero-order valence-corrected chi connectivity index (χ0v) is 22.5. The van der Waals surface area contributed by atoms with E-state index in [-0.39, 0.29) is 23.3 Å². The molecule has 2 saturated carbocycles. The van der Waals surface area contributed by atoms with Crippen LogP contribution in [-0.2, 0) is 6.42 Å². The van der Waals surface area contributed by atoms with Crippen molar-refractivity contribution in [1.82, 2.24) is 0 Å². The second-order valence-corrected chi connectivity index (χ2v) is 11.4. The van der Waals surface area contributed by atoms with Gasteiger partial charge in [0.1, 0.15) is 0 Å². The van der Waals surface area contributed by atoms with Gasteiger partial charge in [-0.1, -0.05) is 69.5 Å². The molecule has 0 atom stereocenters. The van der Waals surface area contributed by atoms with Gasteiger partial charge >= 0.3 is 0 Å². The summed E-state index contributed by atoms with van der Waals surface area (Å²) in [5.41, 5.74) is 1.76. The normalized spacial score (nSPS) is 24.6. The number of rotatable bonds is 9. The number of allylic oxidation sites excluding steroid dienone is 1. The topological polar surface area (TPSA) is 0 Å². The summed E-state index contributed by atoms with van der Waals surface area (Å²) in [5, 5.41) is 0. The summed E-state index contributed by atoms with van der Waals surface area (Å²) in [6.07, 6.45) is 15.7. The molecule has 2 aromatic rings. The van der Waals surface area contributed by atoms with Crippen molar-refractivity contribution in [2.75, 3.05) is 0 Å². The minimum Gasteiger partial charge on any atom is -0.203 e. The molecule has 4 rings (SSSR count). The third-order valence-electron chi connectivity index (χ3n) is 8.88. The lowest BCUT2D eigenvalue weighted by Crippen LogP contribution is -2.17. The summed E-state index contributed by atoms with van der Waals surface area (Å²) in [6.45, 7) is 4.23. The predicted molar refractivity (Wildman–Crippen MR) is 145 cm³/mol. The molecule has 0 heterocycles. The van der Waals surface area contributed by atoms with Crippen LogP contribution in [0, 0.1) is 35.1 Å². The van der Waals surface area contributed by atoms with Gasteiger partial charge in [-0.25, -0.2) is 17.6 Å². The van der Waals surface area contributed by atoms with Crippen molar-refractivity contribution in [3.05, 3.63) is 75.9 Å². The van der Waals surface area contributed by atoms with Gasteiger partial charge in [0.25, 0.3) is 0 Å². The Balaban J connectivity index is 1.35. The van der Waals surface area contributed by atoms with Crippen LogP contribution in [0.2, 0.25) is 0 Å². The van der Waals surface area contributed by atoms with Crippen molar-refractivity contribution >= 4 is 6.08 Å². The Hall–Kier alpha value is -2.10. The molecule has 0 unspecified atom stereocenters. The molecule has 2 aliphatic carbocycles. The molecule has 0 radical (unpaired) electrons. The maximum absolute atomic E-state index is 15.2. The van der Waals surface area contributed by atoms with E-state index in [0.29, 0.717) is 23.1 Å². The molecule has 202 valence electrons. The molecule has 0 saturated heterocycles. The van der Waals surface area contributed by atoms with Crippen molar-refractivity contribution in [3.8, 4) is 0 Å². The Bertz CT molecular complexity index is 1060. The van der Waals surface area contributed by atoms with Crippen LogP contribution < -0.4 is 0 Å². The van der Waals surface area contributed by atoms with Crippen molar-refractivity contribution in [1.29, 1.82) is 0 Å². The molecule has 0 N–H and O–H groups in total. The number of hydrogen-bond donors (Lipinski definition) is 0. The highest BCUT2D eigenvalue weighted by atomic mass is 19.2. The summed E-state index contributed by atoms with van der Waals surface area (Å²) in [6, 6.07) is 7.00. The van der Waals surface area contributed by atoms with Gasteiger partial charge in [-0.05, 0) is 105 Å². The molecule has 2 fully saturated rings. The van der Waals surface area contributed by atoms with Crippen LogP contribution in [0.5, 0.6) is 0 Å². The van der Waals surface area contributed by atoms with Crippen LogP contribution in [0.1, 0.15) is 125 Å². The number of hydrogen-bond acceptors (Lipinski definition) is 0. The molecule has 4 heteroatoms. The van der Waals surface area contributed by atoms with Gasteiger partial charge in [0.05, 0.1) is 0 Å². The first-order chi connectivity index (χ1) is 17.9. The van der Waals surface area contributed by atoms with Crippen molar-refractivity contribution in [2.45, 2.75) is 109 Å². The quantitative estimate of drug-likeness (QED) is 0.292. The van der Waals surface area contributed by atoms with E-state index < -0.39 is 23.3 Å². The molecule has 37 heavy (non-hydrogen) atoms. The van der Waals surface area contributed by atoms with Crippen molar-refractivity contribution < 1.29 is 17.6 Å². The van der Waals surface area contributed by atoms with E-state index in [1.807, 2.05) is 25.1 Å². The van der Waals surface area contributed by atoms with Crippen molar-refractivity contribution in [2.24, 2.45) is 11.8 Å². The first-order valence-corrected chi connectivity index (χ1v) is 14.6. The van der Waals surface area contributed by atoms with E-state index in [4.69, 9.17) is 0 Å². The molecular formula is C33H42F4. The summed E-state index contributed by atoms with van der Waals surface area (Å²) in [5.74, 6) is -1.73. The van der Waals surface area contributed by atoms with Gasteiger partial charge in [-0.3, -0.25) is 0 Å². The van der Waals surface area contributed by atoms with Gasteiger partial charge in [-0.15, -0.1) is 0 Å². The third kappa shape index (κ3) is 6.67. The predicted octanol–water partition coefficient (Wildman–Crippen LogP) is 10.6. The zero-order valence-electron chi connectivity index (χ0n) is 22.5. The van der Waals surface area contributed by atoms with Gasteiger partial charge in [0.2, 0.25) is 0 Å². The smallest absolute Gasteiger partial charge is 0.166 e. The second-order valence-electron chi connectivity index (χ2n) is 11.4. The molecule has 0 nitrogen and oxygen atoms in total. The lowest BCUT2D eigenvalue weighted by atomic mass is 9.75. The maximum Gasteiger partial charge on any atom is 0.166 e. The fourth-order valence-corrected chi connectivity index (χ4v) is 6.54. The second kappa shape index (κ2) is 13.1. The van der Waals surface area contributed by atoms with E-state index in [1.54, 1.807) is 18.2 Å². The fraction of sp³-hybridized carbons (Fsp3) is 0.576. The standard InChI is InChI=1S/C33H42F4/c1-3-5-7-26-18-19-27(31(35)30(26)34)17-12-23-10-15-25(16-11-23)29-21-20-28(32(36)33(29)37)24-13-8-22(6-4-2)9-14-24/h12,17-25H,3-11,13-16H2,1-2H3. The summed E-state index contributed by atoms with van der Waals surface area (Å²) in [4.78, 5) is 0. The molecule has 0 aliphatic heterocycles. The van der Waals surface area contributed by atoms with Gasteiger partial charge in [-0.2, -0.15) is 0 Å². The van der Waals surface area contributed by atoms with Crippen LogP contribution in [-0.4, -0.2) is 0 Å². The van der Waals surface area contributed by atoms with E-state index in [2.05, 4.69) is 6.92 Å². The van der Waals surface area contributed by atoms with E-state index >= 15 is 8.78 Å². The highest BCUT2D eigenvalue weighted by molar-refractivity contribution is 5.51.